The lowest BCUT2D eigenvalue weighted by molar-refractivity contribution is 0.401. The molecule has 2 aromatic rings. The van der Waals surface area contributed by atoms with Crippen molar-refractivity contribution in [2.45, 2.75) is 32.9 Å². The van der Waals surface area contributed by atoms with Crippen LogP contribution in [0.25, 0.3) is 0 Å². The molecule has 0 aliphatic carbocycles. The lowest BCUT2D eigenvalue weighted by Gasteiger charge is -2.27. The summed E-state index contributed by atoms with van der Waals surface area (Å²) in [6, 6.07) is 17.2. The van der Waals surface area contributed by atoms with Crippen LogP contribution in [0.15, 0.2) is 53.0 Å². The zero-order chi connectivity index (χ0) is 13.9. The van der Waals surface area contributed by atoms with E-state index in [1.54, 1.807) is 0 Å². The van der Waals surface area contributed by atoms with Gasteiger partial charge in [0.1, 0.15) is 0 Å². The summed E-state index contributed by atoms with van der Waals surface area (Å²) in [5.41, 5.74) is 3.88. The van der Waals surface area contributed by atoms with Crippen molar-refractivity contribution in [1.82, 2.24) is 5.32 Å². The van der Waals surface area contributed by atoms with Gasteiger partial charge < -0.3 is 5.32 Å². The van der Waals surface area contributed by atoms with Crippen LogP contribution in [-0.4, -0.2) is 0 Å². The van der Waals surface area contributed by atoms with Gasteiger partial charge in [0, 0.05) is 16.6 Å². The Morgan fingerprint density at radius 2 is 1.53 bits per heavy atom. The molecule has 2 heteroatoms. The molecule has 1 nitrogen and oxygen atoms in total. The second kappa shape index (κ2) is 5.89. The number of hydrogen-bond donors (Lipinski definition) is 1. The van der Waals surface area contributed by atoms with Gasteiger partial charge in [-0.2, -0.15) is 0 Å². The summed E-state index contributed by atoms with van der Waals surface area (Å²) in [4.78, 5) is 0. The lowest BCUT2D eigenvalue weighted by Crippen LogP contribution is -2.35. The summed E-state index contributed by atoms with van der Waals surface area (Å²) in [6.45, 7) is 7.42. The summed E-state index contributed by atoms with van der Waals surface area (Å²) in [5, 5.41) is 3.62. The molecule has 0 aliphatic heterocycles. The van der Waals surface area contributed by atoms with E-state index in [9.17, 15) is 0 Å². The molecule has 2 aromatic carbocycles. The number of nitrogens with one attached hydrogen (secondary N) is 1. The highest BCUT2D eigenvalue weighted by Crippen LogP contribution is 2.22. The van der Waals surface area contributed by atoms with E-state index in [2.05, 4.69) is 90.5 Å². The predicted molar refractivity (Wildman–Crippen MR) is 85.2 cm³/mol. The van der Waals surface area contributed by atoms with E-state index in [0.29, 0.717) is 0 Å². The van der Waals surface area contributed by atoms with E-state index >= 15 is 0 Å². The fourth-order valence-electron chi connectivity index (χ4n) is 2.00. The van der Waals surface area contributed by atoms with Crippen molar-refractivity contribution in [3.63, 3.8) is 0 Å². The minimum absolute atomic E-state index is 0.0361. The monoisotopic (exact) mass is 317 g/mol. The first-order valence-electron chi connectivity index (χ1n) is 6.54. The molecule has 0 amide bonds. The maximum atomic E-state index is 3.62. The van der Waals surface area contributed by atoms with Gasteiger partial charge >= 0.3 is 0 Å². The van der Waals surface area contributed by atoms with Gasteiger partial charge in [-0.1, -0.05) is 57.9 Å². The maximum Gasteiger partial charge on any atom is 0.0380 e. The van der Waals surface area contributed by atoms with Gasteiger partial charge in [0.05, 0.1) is 0 Å². The van der Waals surface area contributed by atoms with E-state index in [4.69, 9.17) is 0 Å². The summed E-state index contributed by atoms with van der Waals surface area (Å²) < 4.78 is 1.12. The van der Waals surface area contributed by atoms with Crippen molar-refractivity contribution in [3.05, 3.63) is 69.7 Å². The summed E-state index contributed by atoms with van der Waals surface area (Å²) in [6.07, 6.45) is 0. The highest BCUT2D eigenvalue weighted by molar-refractivity contribution is 9.10. The van der Waals surface area contributed by atoms with Crippen LogP contribution in [0.5, 0.6) is 0 Å². The number of halogens is 1. The van der Waals surface area contributed by atoms with Gasteiger partial charge in [0.2, 0.25) is 0 Å². The van der Waals surface area contributed by atoms with Crippen molar-refractivity contribution in [2.24, 2.45) is 0 Å². The fraction of sp³-hybridized carbons (Fsp3) is 0.294. The van der Waals surface area contributed by atoms with E-state index in [-0.39, 0.29) is 5.54 Å². The average molecular weight is 318 g/mol. The molecular weight excluding hydrogens is 298 g/mol. The molecule has 0 heterocycles. The van der Waals surface area contributed by atoms with Gasteiger partial charge in [-0.15, -0.1) is 0 Å². The SMILES string of the molecule is Cc1ccc(CNC(C)(C)c2ccc(Br)cc2)cc1. The highest BCUT2D eigenvalue weighted by atomic mass is 79.9. The summed E-state index contributed by atoms with van der Waals surface area (Å²) >= 11 is 3.47. The minimum Gasteiger partial charge on any atom is -0.304 e. The van der Waals surface area contributed by atoms with Crippen molar-refractivity contribution in [1.29, 1.82) is 0 Å². The topological polar surface area (TPSA) is 12.0 Å². The van der Waals surface area contributed by atoms with Crippen LogP contribution in [0.1, 0.15) is 30.5 Å². The summed E-state index contributed by atoms with van der Waals surface area (Å²) in [5.74, 6) is 0. The number of benzene rings is 2. The molecule has 0 saturated carbocycles. The lowest BCUT2D eigenvalue weighted by atomic mass is 9.94. The average Bonchev–Trinajstić information content (AvgIpc) is 2.39. The molecule has 0 saturated heterocycles. The number of aryl methyl sites for hydroxylation is 1. The molecular formula is C17H20BrN. The van der Waals surface area contributed by atoms with E-state index in [1.165, 1.54) is 16.7 Å². The Morgan fingerprint density at radius 1 is 0.947 bits per heavy atom. The van der Waals surface area contributed by atoms with Crippen molar-refractivity contribution < 1.29 is 0 Å². The Kier molecular flexibility index (Phi) is 4.43. The van der Waals surface area contributed by atoms with Crippen LogP contribution in [0.2, 0.25) is 0 Å². The molecule has 100 valence electrons. The maximum absolute atomic E-state index is 3.62. The highest BCUT2D eigenvalue weighted by Gasteiger charge is 2.19. The molecule has 19 heavy (non-hydrogen) atoms. The molecule has 1 N–H and O–H groups in total. The van der Waals surface area contributed by atoms with Crippen LogP contribution >= 0.6 is 15.9 Å². The molecule has 0 aliphatic rings. The molecule has 0 aromatic heterocycles. The Hall–Kier alpha value is -1.12. The normalized spacial score (nSPS) is 11.6. The van der Waals surface area contributed by atoms with Gasteiger partial charge in [-0.3, -0.25) is 0 Å². The van der Waals surface area contributed by atoms with Gasteiger partial charge in [0.15, 0.2) is 0 Å². The third-order valence-corrected chi connectivity index (χ3v) is 3.95. The first-order chi connectivity index (χ1) is 8.97. The molecule has 0 spiro atoms. The van der Waals surface area contributed by atoms with Crippen LogP contribution in [0.4, 0.5) is 0 Å². The van der Waals surface area contributed by atoms with Crippen LogP contribution in [0, 0.1) is 6.92 Å². The first kappa shape index (κ1) is 14.3. The Labute approximate surface area is 124 Å². The molecule has 0 radical (unpaired) electrons. The first-order valence-corrected chi connectivity index (χ1v) is 7.33. The zero-order valence-electron chi connectivity index (χ0n) is 11.7. The van der Waals surface area contributed by atoms with Crippen molar-refractivity contribution in [2.75, 3.05) is 0 Å². The Balaban J connectivity index is 2.04. The summed E-state index contributed by atoms with van der Waals surface area (Å²) in [7, 11) is 0. The van der Waals surface area contributed by atoms with Crippen LogP contribution in [0.3, 0.4) is 0 Å². The van der Waals surface area contributed by atoms with E-state index in [1.807, 2.05) is 0 Å². The molecule has 0 atom stereocenters. The standard InChI is InChI=1S/C17H20BrN/c1-13-4-6-14(7-5-13)12-19-17(2,3)15-8-10-16(18)11-9-15/h4-11,19H,12H2,1-3H3. The van der Waals surface area contributed by atoms with Gasteiger partial charge in [-0.05, 0) is 44.0 Å². The van der Waals surface area contributed by atoms with Gasteiger partial charge in [-0.25, -0.2) is 0 Å². The van der Waals surface area contributed by atoms with Crippen molar-refractivity contribution in [3.8, 4) is 0 Å². The zero-order valence-corrected chi connectivity index (χ0v) is 13.3. The molecule has 2 rings (SSSR count). The van der Waals surface area contributed by atoms with E-state index < -0.39 is 0 Å². The van der Waals surface area contributed by atoms with Crippen LogP contribution in [-0.2, 0) is 12.1 Å². The minimum atomic E-state index is -0.0361. The second-order valence-corrected chi connectivity index (χ2v) is 6.39. The van der Waals surface area contributed by atoms with Crippen molar-refractivity contribution >= 4 is 15.9 Å². The van der Waals surface area contributed by atoms with Crippen LogP contribution < -0.4 is 5.32 Å². The largest absolute Gasteiger partial charge is 0.304 e. The Morgan fingerprint density at radius 3 is 2.11 bits per heavy atom. The Bertz CT molecular complexity index is 526. The second-order valence-electron chi connectivity index (χ2n) is 5.47. The number of hydrogen-bond acceptors (Lipinski definition) is 1. The smallest absolute Gasteiger partial charge is 0.0380 e. The molecule has 0 bridgehead atoms. The fourth-order valence-corrected chi connectivity index (χ4v) is 2.26. The third-order valence-electron chi connectivity index (χ3n) is 3.42. The number of rotatable bonds is 4. The van der Waals surface area contributed by atoms with Gasteiger partial charge in [0.25, 0.3) is 0 Å². The third kappa shape index (κ3) is 3.92. The quantitative estimate of drug-likeness (QED) is 0.855. The predicted octanol–water partition coefficient (Wildman–Crippen LogP) is 4.78. The van der Waals surface area contributed by atoms with E-state index in [0.717, 1.165) is 11.0 Å². The molecule has 0 unspecified atom stereocenters. The molecule has 0 fully saturated rings.